The third kappa shape index (κ3) is 4.17. The Kier molecular flexibility index (Phi) is 7.64. The molecule has 1 aromatic rings. The molecule has 0 aliphatic carbocycles. The first kappa shape index (κ1) is 25.5. The van der Waals surface area contributed by atoms with Crippen LogP contribution in [0.5, 0.6) is 0 Å². The smallest absolute Gasteiger partial charge is 0.248 e. The van der Waals surface area contributed by atoms with Gasteiger partial charge >= 0.3 is 0 Å². The Labute approximate surface area is 213 Å². The van der Waals surface area contributed by atoms with E-state index in [0.717, 1.165) is 23.2 Å². The van der Waals surface area contributed by atoms with Crippen molar-refractivity contribution in [3.05, 3.63) is 29.3 Å². The summed E-state index contributed by atoms with van der Waals surface area (Å²) in [5.74, 6) is -1.36. The number of hydrogen-bond acceptors (Lipinski definition) is 5. The first-order valence-electron chi connectivity index (χ1n) is 12.1. The summed E-state index contributed by atoms with van der Waals surface area (Å²) in [4.78, 5) is 42.7. The van der Waals surface area contributed by atoms with E-state index >= 15 is 0 Å². The van der Waals surface area contributed by atoms with E-state index in [9.17, 15) is 19.5 Å². The van der Waals surface area contributed by atoms with Crippen molar-refractivity contribution in [1.29, 1.82) is 0 Å². The average molecular weight is 553 g/mol. The number of anilines is 1. The van der Waals surface area contributed by atoms with E-state index in [-0.39, 0.29) is 34.4 Å². The minimum Gasteiger partial charge on any atom is -0.396 e. The monoisotopic (exact) mass is 551 g/mol. The molecule has 3 amide bonds. The van der Waals surface area contributed by atoms with E-state index in [4.69, 9.17) is 0 Å². The Hall–Kier alpha value is -1.58. The minimum absolute atomic E-state index is 0.0399. The van der Waals surface area contributed by atoms with E-state index in [2.05, 4.69) is 26.6 Å². The number of halogens is 1. The molecule has 3 heterocycles. The lowest BCUT2D eigenvalue weighted by Crippen LogP contribution is -2.53. The highest BCUT2D eigenvalue weighted by molar-refractivity contribution is 9.09. The van der Waals surface area contributed by atoms with Gasteiger partial charge in [-0.05, 0) is 50.7 Å². The quantitative estimate of drug-likeness (QED) is 0.323. The highest BCUT2D eigenvalue weighted by atomic mass is 79.9. The van der Waals surface area contributed by atoms with Crippen LogP contribution in [-0.4, -0.2) is 68.3 Å². The van der Waals surface area contributed by atoms with Crippen LogP contribution < -0.4 is 10.6 Å². The molecule has 3 unspecified atom stereocenters. The van der Waals surface area contributed by atoms with Gasteiger partial charge in [-0.1, -0.05) is 41.1 Å². The Morgan fingerprint density at radius 3 is 2.59 bits per heavy atom. The van der Waals surface area contributed by atoms with Gasteiger partial charge in [0.05, 0.1) is 16.6 Å². The highest BCUT2D eigenvalue weighted by Crippen LogP contribution is 2.67. The van der Waals surface area contributed by atoms with E-state index in [0.29, 0.717) is 32.4 Å². The number of fused-ring (bicyclic) bond motifs is 1. The lowest BCUT2D eigenvalue weighted by molar-refractivity contribution is -0.139. The van der Waals surface area contributed by atoms with Crippen LogP contribution in [0.15, 0.2) is 18.2 Å². The summed E-state index contributed by atoms with van der Waals surface area (Å²) >= 11 is 5.43. The second kappa shape index (κ2) is 10.2. The van der Waals surface area contributed by atoms with Crippen molar-refractivity contribution in [3.8, 4) is 0 Å². The summed E-state index contributed by atoms with van der Waals surface area (Å²) in [7, 11) is 0. The molecule has 1 aromatic carbocycles. The molecule has 7 nitrogen and oxygen atoms in total. The number of rotatable bonds is 9. The van der Waals surface area contributed by atoms with E-state index in [1.54, 1.807) is 16.7 Å². The Bertz CT molecular complexity index is 955. The van der Waals surface area contributed by atoms with Gasteiger partial charge in [0.1, 0.15) is 6.04 Å². The molecule has 0 saturated carbocycles. The predicted octanol–water partition coefficient (Wildman–Crippen LogP) is 3.01. The van der Waals surface area contributed by atoms with Crippen molar-refractivity contribution in [2.75, 3.05) is 25.0 Å². The van der Waals surface area contributed by atoms with Crippen LogP contribution >= 0.6 is 27.7 Å². The Balaban J connectivity index is 1.70. The minimum atomic E-state index is -0.665. The van der Waals surface area contributed by atoms with Crippen molar-refractivity contribution in [3.63, 3.8) is 0 Å². The molecular formula is C25H34BrN3O4S. The normalized spacial score (nSPS) is 31.6. The molecule has 9 heteroatoms. The molecule has 3 saturated heterocycles. The zero-order valence-electron chi connectivity index (χ0n) is 20.0. The average Bonchev–Trinajstić information content (AvgIpc) is 3.38. The van der Waals surface area contributed by atoms with Crippen LogP contribution in [0.2, 0.25) is 0 Å². The van der Waals surface area contributed by atoms with Crippen LogP contribution in [0.25, 0.3) is 0 Å². The Morgan fingerprint density at radius 2 is 1.94 bits per heavy atom. The van der Waals surface area contributed by atoms with Gasteiger partial charge < -0.3 is 20.6 Å². The van der Waals surface area contributed by atoms with Gasteiger partial charge in [-0.2, -0.15) is 0 Å². The third-order valence-corrected chi connectivity index (χ3v) is 10.6. The number of carbonyl (C=O) groups excluding carboxylic acids is 3. The van der Waals surface area contributed by atoms with Crippen LogP contribution in [0, 0.1) is 25.7 Å². The number of thioether (sulfide) groups is 1. The van der Waals surface area contributed by atoms with Crippen molar-refractivity contribution in [2.24, 2.45) is 11.8 Å². The van der Waals surface area contributed by atoms with Gasteiger partial charge in [-0.15, -0.1) is 11.8 Å². The number of aliphatic hydroxyl groups excluding tert-OH is 1. The second-order valence-electron chi connectivity index (χ2n) is 9.67. The number of nitrogens with one attached hydrogen (secondary N) is 2. The number of nitrogens with zero attached hydrogens (tertiary/aromatic N) is 1. The summed E-state index contributed by atoms with van der Waals surface area (Å²) in [6, 6.07) is 5.21. The molecule has 3 aliphatic rings. The van der Waals surface area contributed by atoms with Gasteiger partial charge in [0.2, 0.25) is 17.7 Å². The van der Waals surface area contributed by atoms with Crippen LogP contribution in [0.4, 0.5) is 5.69 Å². The highest BCUT2D eigenvalue weighted by Gasteiger charge is 2.75. The molecule has 4 rings (SSSR count). The van der Waals surface area contributed by atoms with Crippen LogP contribution in [0.1, 0.15) is 43.7 Å². The van der Waals surface area contributed by atoms with Gasteiger partial charge in [0, 0.05) is 35.5 Å². The molecule has 1 spiro atoms. The van der Waals surface area contributed by atoms with Gasteiger partial charge in [-0.25, -0.2) is 0 Å². The van der Waals surface area contributed by atoms with Gasteiger partial charge in [-0.3, -0.25) is 14.4 Å². The maximum atomic E-state index is 13.9. The number of aryl methyl sites for hydroxylation is 2. The molecule has 3 fully saturated rings. The molecule has 3 N–H and O–H groups in total. The molecule has 0 radical (unpaired) electrons. The summed E-state index contributed by atoms with van der Waals surface area (Å²) in [6.07, 6.45) is 2.66. The first-order chi connectivity index (χ1) is 16.3. The van der Waals surface area contributed by atoms with Gasteiger partial charge in [0.15, 0.2) is 0 Å². The molecular weight excluding hydrogens is 518 g/mol. The number of benzene rings is 1. The molecule has 34 heavy (non-hydrogen) atoms. The number of alkyl halides is 1. The Morgan fingerprint density at radius 1 is 1.24 bits per heavy atom. The largest absolute Gasteiger partial charge is 0.396 e. The standard InChI is InChI=1S/C25H34BrN3O4S/c1-4-10-27-22(31)17-18-24(33)29(11-5-6-12-30)21(25(18)13-16(26)20(17)34-25)23(32)28-19-14(2)8-7-9-15(19)3/h7-9,16-18,20-21,30H,4-6,10-13H2,1-3H3,(H,27,31)(H,28,32)/t16?,17-,18-,20-,21?,25?/m0/s1. The zero-order chi connectivity index (χ0) is 24.6. The predicted molar refractivity (Wildman–Crippen MR) is 138 cm³/mol. The lowest BCUT2D eigenvalue weighted by Gasteiger charge is -2.35. The molecule has 3 aliphatic heterocycles. The number of para-hydroxylation sites is 1. The summed E-state index contributed by atoms with van der Waals surface area (Å²) in [6.45, 7) is 6.93. The fourth-order valence-electron chi connectivity index (χ4n) is 5.93. The number of carbonyl (C=O) groups is 3. The van der Waals surface area contributed by atoms with E-state index in [1.807, 2.05) is 39.0 Å². The fraction of sp³-hybridized carbons (Fsp3) is 0.640. The molecule has 6 atom stereocenters. The number of amides is 3. The van der Waals surface area contributed by atoms with Gasteiger partial charge in [0.25, 0.3) is 0 Å². The number of unbranched alkanes of at least 4 members (excludes halogenated alkanes) is 1. The van der Waals surface area contributed by atoms with Crippen molar-refractivity contribution in [2.45, 2.75) is 67.3 Å². The van der Waals surface area contributed by atoms with E-state index < -0.39 is 22.6 Å². The van der Waals surface area contributed by atoms with Crippen molar-refractivity contribution >= 4 is 51.1 Å². The summed E-state index contributed by atoms with van der Waals surface area (Å²) in [5, 5.41) is 15.4. The van der Waals surface area contributed by atoms with Crippen LogP contribution in [0.3, 0.4) is 0 Å². The van der Waals surface area contributed by atoms with Crippen molar-refractivity contribution < 1.29 is 19.5 Å². The van der Waals surface area contributed by atoms with E-state index in [1.165, 1.54) is 0 Å². The summed E-state index contributed by atoms with van der Waals surface area (Å²) in [5.41, 5.74) is 2.72. The maximum absolute atomic E-state index is 13.9. The summed E-state index contributed by atoms with van der Waals surface area (Å²) < 4.78 is -0.649. The third-order valence-electron chi connectivity index (χ3n) is 7.43. The number of aliphatic hydroxyl groups is 1. The first-order valence-corrected chi connectivity index (χ1v) is 13.9. The molecule has 2 bridgehead atoms. The number of hydrogen-bond donors (Lipinski definition) is 3. The number of likely N-dealkylation sites (tertiary alicyclic amines) is 1. The molecule has 0 aromatic heterocycles. The topological polar surface area (TPSA) is 98.7 Å². The van der Waals surface area contributed by atoms with Crippen LogP contribution in [-0.2, 0) is 14.4 Å². The van der Waals surface area contributed by atoms with Crippen molar-refractivity contribution in [1.82, 2.24) is 10.2 Å². The second-order valence-corrected chi connectivity index (χ2v) is 12.4. The fourth-order valence-corrected chi connectivity index (χ4v) is 9.55. The lowest BCUT2D eigenvalue weighted by atomic mass is 9.70. The SMILES string of the molecule is CCCNC(=O)[C@H]1[C@H]2C(=O)N(CCCCO)C(C(=O)Nc3c(C)cccc3C)C23CC(Br)[C@@H]1S3. The molecule has 186 valence electrons. The zero-order valence-corrected chi connectivity index (χ0v) is 22.4. The maximum Gasteiger partial charge on any atom is 0.248 e.